The van der Waals surface area contributed by atoms with Gasteiger partial charge in [-0.15, -0.1) is 0 Å². The molecule has 0 aliphatic carbocycles. The molecule has 1 saturated heterocycles. The molecule has 0 bridgehead atoms. The summed E-state index contributed by atoms with van der Waals surface area (Å²) in [5.41, 5.74) is 0.531. The summed E-state index contributed by atoms with van der Waals surface area (Å²) >= 11 is 5.98. The predicted octanol–water partition coefficient (Wildman–Crippen LogP) is 2.70. The second-order valence-electron chi connectivity index (χ2n) is 5.46. The molecule has 1 fully saturated rings. The van der Waals surface area contributed by atoms with Crippen LogP contribution in [0.5, 0.6) is 0 Å². The molecule has 2 rings (SSSR count). The number of imide groups is 1. The fraction of sp³-hybridized carbons (Fsp3) is 0.375. The van der Waals surface area contributed by atoms with Crippen molar-refractivity contribution in [2.45, 2.75) is 19.4 Å². The molecule has 6 heteroatoms. The molecular formula is C16H19ClN2O3. The van der Waals surface area contributed by atoms with Gasteiger partial charge in [-0.3, -0.25) is 9.69 Å². The van der Waals surface area contributed by atoms with Crippen molar-refractivity contribution in [3.05, 3.63) is 46.5 Å². The van der Waals surface area contributed by atoms with Crippen LogP contribution in [0, 0.1) is 0 Å². The summed E-state index contributed by atoms with van der Waals surface area (Å²) in [7, 11) is 1.60. The van der Waals surface area contributed by atoms with Crippen LogP contribution < -0.4 is 5.32 Å². The van der Waals surface area contributed by atoms with Crippen LogP contribution in [0.15, 0.2) is 35.9 Å². The van der Waals surface area contributed by atoms with Crippen molar-refractivity contribution in [2.24, 2.45) is 0 Å². The number of carbonyl (C=O) groups excluding carboxylic acids is 2. The second-order valence-corrected chi connectivity index (χ2v) is 5.90. The summed E-state index contributed by atoms with van der Waals surface area (Å²) in [5.74, 6) is -0.291. The molecule has 1 aliphatic heterocycles. The van der Waals surface area contributed by atoms with Gasteiger partial charge in [-0.25, -0.2) is 4.79 Å². The quantitative estimate of drug-likeness (QED) is 0.670. The topological polar surface area (TPSA) is 58.6 Å². The Labute approximate surface area is 134 Å². The van der Waals surface area contributed by atoms with Crippen LogP contribution in [0.4, 0.5) is 4.79 Å². The highest BCUT2D eigenvalue weighted by Crippen LogP contribution is 2.30. The summed E-state index contributed by atoms with van der Waals surface area (Å²) in [6.45, 7) is 4.26. The molecule has 1 aromatic rings. The number of rotatable bonds is 5. The van der Waals surface area contributed by atoms with E-state index in [1.165, 1.54) is 4.90 Å². The third kappa shape index (κ3) is 3.15. The summed E-state index contributed by atoms with van der Waals surface area (Å²) in [5, 5.41) is 3.27. The van der Waals surface area contributed by atoms with Crippen LogP contribution in [0.25, 0.3) is 0 Å². The van der Waals surface area contributed by atoms with Gasteiger partial charge in [-0.1, -0.05) is 35.4 Å². The maximum absolute atomic E-state index is 12.7. The average Bonchev–Trinajstić information content (AvgIpc) is 2.68. The van der Waals surface area contributed by atoms with Gasteiger partial charge in [-0.05, 0) is 31.5 Å². The van der Waals surface area contributed by atoms with Gasteiger partial charge in [0.25, 0.3) is 5.91 Å². The van der Waals surface area contributed by atoms with Crippen molar-refractivity contribution in [3.8, 4) is 0 Å². The minimum absolute atomic E-state index is 0.218. The number of benzene rings is 1. The molecule has 0 aromatic heterocycles. The third-order valence-electron chi connectivity index (χ3n) is 3.67. The normalized spacial score (nSPS) is 22.2. The molecule has 3 amide bonds. The summed E-state index contributed by atoms with van der Waals surface area (Å²) in [6.07, 6.45) is 1.81. The largest absolute Gasteiger partial charge is 0.380 e. The van der Waals surface area contributed by atoms with E-state index in [1.54, 1.807) is 38.3 Å². The highest BCUT2D eigenvalue weighted by molar-refractivity contribution is 6.30. The van der Waals surface area contributed by atoms with Crippen molar-refractivity contribution in [1.29, 1.82) is 0 Å². The van der Waals surface area contributed by atoms with Crippen LogP contribution in [0.2, 0.25) is 5.02 Å². The lowest BCUT2D eigenvalue weighted by Gasteiger charge is -2.22. The standard InChI is InChI=1S/C16H19ClN2O3/c1-11(10-22-3)7-8-19-14(20)16(2,18-15(19)21)12-5-4-6-13(17)9-12/h4-7,9H,8,10H2,1-3H3,(H,18,21)/b11-7+. The van der Waals surface area contributed by atoms with E-state index in [9.17, 15) is 9.59 Å². The Morgan fingerprint density at radius 2 is 2.18 bits per heavy atom. The van der Waals surface area contributed by atoms with Crippen molar-refractivity contribution in [1.82, 2.24) is 10.2 Å². The maximum Gasteiger partial charge on any atom is 0.325 e. The average molecular weight is 323 g/mol. The molecular weight excluding hydrogens is 304 g/mol. The van der Waals surface area contributed by atoms with Gasteiger partial charge in [0.2, 0.25) is 0 Å². The molecule has 22 heavy (non-hydrogen) atoms. The Morgan fingerprint density at radius 1 is 1.45 bits per heavy atom. The number of methoxy groups -OCH3 is 1. The van der Waals surface area contributed by atoms with E-state index in [0.29, 0.717) is 17.2 Å². The van der Waals surface area contributed by atoms with E-state index in [4.69, 9.17) is 16.3 Å². The van der Waals surface area contributed by atoms with E-state index in [-0.39, 0.29) is 12.5 Å². The van der Waals surface area contributed by atoms with Gasteiger partial charge < -0.3 is 10.1 Å². The van der Waals surface area contributed by atoms with E-state index in [0.717, 1.165) is 5.57 Å². The Balaban J connectivity index is 2.23. The monoisotopic (exact) mass is 322 g/mol. The molecule has 1 heterocycles. The van der Waals surface area contributed by atoms with E-state index in [1.807, 2.05) is 13.0 Å². The molecule has 1 aliphatic rings. The van der Waals surface area contributed by atoms with Gasteiger partial charge >= 0.3 is 6.03 Å². The number of ether oxygens (including phenoxy) is 1. The number of nitrogens with one attached hydrogen (secondary N) is 1. The molecule has 0 radical (unpaired) electrons. The molecule has 0 spiro atoms. The Bertz CT molecular complexity index is 630. The smallest absolute Gasteiger partial charge is 0.325 e. The number of halogens is 1. The zero-order valence-electron chi connectivity index (χ0n) is 12.9. The maximum atomic E-state index is 12.7. The number of amides is 3. The molecule has 5 nitrogen and oxygen atoms in total. The molecule has 1 aromatic carbocycles. The van der Waals surface area contributed by atoms with Crippen molar-refractivity contribution < 1.29 is 14.3 Å². The van der Waals surface area contributed by atoms with Crippen LogP contribution in [-0.4, -0.2) is 37.1 Å². The van der Waals surface area contributed by atoms with Crippen molar-refractivity contribution >= 4 is 23.5 Å². The predicted molar refractivity (Wildman–Crippen MR) is 84.7 cm³/mol. The van der Waals surface area contributed by atoms with E-state index >= 15 is 0 Å². The van der Waals surface area contributed by atoms with Gasteiger partial charge in [-0.2, -0.15) is 0 Å². The number of hydrogen-bond donors (Lipinski definition) is 1. The number of hydrogen-bond acceptors (Lipinski definition) is 3. The summed E-state index contributed by atoms with van der Waals surface area (Å²) < 4.78 is 5.01. The van der Waals surface area contributed by atoms with E-state index < -0.39 is 11.6 Å². The van der Waals surface area contributed by atoms with E-state index in [2.05, 4.69) is 5.32 Å². The number of nitrogens with zero attached hydrogens (tertiary/aromatic N) is 1. The first-order valence-corrected chi connectivity index (χ1v) is 7.31. The first-order valence-electron chi connectivity index (χ1n) is 6.93. The highest BCUT2D eigenvalue weighted by atomic mass is 35.5. The van der Waals surface area contributed by atoms with Gasteiger partial charge in [0.15, 0.2) is 0 Å². The fourth-order valence-corrected chi connectivity index (χ4v) is 2.58. The molecule has 0 saturated carbocycles. The van der Waals surface area contributed by atoms with Crippen LogP contribution >= 0.6 is 11.6 Å². The van der Waals surface area contributed by atoms with Crippen LogP contribution in [0.1, 0.15) is 19.4 Å². The first kappa shape index (κ1) is 16.5. The minimum Gasteiger partial charge on any atom is -0.380 e. The number of urea groups is 1. The number of carbonyl (C=O) groups is 2. The second kappa shape index (κ2) is 6.50. The van der Waals surface area contributed by atoms with Crippen molar-refractivity contribution in [3.63, 3.8) is 0 Å². The van der Waals surface area contributed by atoms with Crippen LogP contribution in [-0.2, 0) is 15.1 Å². The highest BCUT2D eigenvalue weighted by Gasteiger charge is 2.48. The SMILES string of the molecule is COC/C(C)=C/CN1C(=O)NC(C)(c2cccc(Cl)c2)C1=O. The van der Waals surface area contributed by atoms with Gasteiger partial charge in [0, 0.05) is 18.7 Å². The lowest BCUT2D eigenvalue weighted by molar-refractivity contribution is -0.130. The third-order valence-corrected chi connectivity index (χ3v) is 3.91. The first-order chi connectivity index (χ1) is 10.4. The van der Waals surface area contributed by atoms with Crippen molar-refractivity contribution in [2.75, 3.05) is 20.3 Å². The Hall–Kier alpha value is -1.85. The fourth-order valence-electron chi connectivity index (χ4n) is 2.39. The molecule has 1 N–H and O–H groups in total. The van der Waals surface area contributed by atoms with Crippen LogP contribution in [0.3, 0.4) is 0 Å². The molecule has 118 valence electrons. The summed E-state index contributed by atoms with van der Waals surface area (Å²) in [4.78, 5) is 26.0. The minimum atomic E-state index is -1.09. The zero-order chi connectivity index (χ0) is 16.3. The molecule has 1 unspecified atom stereocenters. The zero-order valence-corrected chi connectivity index (χ0v) is 13.6. The molecule has 1 atom stereocenters. The Kier molecular flexibility index (Phi) is 4.88. The lowest BCUT2D eigenvalue weighted by atomic mass is 9.92. The van der Waals surface area contributed by atoms with Gasteiger partial charge in [0.05, 0.1) is 6.61 Å². The van der Waals surface area contributed by atoms with Gasteiger partial charge in [0.1, 0.15) is 5.54 Å². The lowest BCUT2D eigenvalue weighted by Crippen LogP contribution is -2.40. The Morgan fingerprint density at radius 3 is 2.82 bits per heavy atom. The summed E-state index contributed by atoms with van der Waals surface area (Å²) in [6, 6.07) is 6.54.